The third-order valence-electron chi connectivity index (χ3n) is 7.05. The Balaban J connectivity index is 1.33. The number of carbonyl (C=O) groups is 1. The van der Waals surface area contributed by atoms with Crippen molar-refractivity contribution in [2.24, 2.45) is 11.8 Å². The average molecular weight is 557 g/mol. The summed E-state index contributed by atoms with van der Waals surface area (Å²) < 4.78 is 64.3. The summed E-state index contributed by atoms with van der Waals surface area (Å²) in [5, 5.41) is 8.08. The van der Waals surface area contributed by atoms with Gasteiger partial charge in [-0.15, -0.1) is 10.2 Å². The second-order valence-electron chi connectivity index (χ2n) is 9.57. The van der Waals surface area contributed by atoms with E-state index in [1.54, 1.807) is 11.0 Å². The summed E-state index contributed by atoms with van der Waals surface area (Å²) in [6.45, 7) is 3.13. The Labute approximate surface area is 216 Å². The maximum absolute atomic E-state index is 13.4. The molecule has 0 spiro atoms. The van der Waals surface area contributed by atoms with E-state index < -0.39 is 21.8 Å². The third-order valence-corrected chi connectivity index (χ3v) is 8.44. The highest BCUT2D eigenvalue weighted by atomic mass is 35.5. The number of rotatable bonds is 3. The van der Waals surface area contributed by atoms with E-state index in [-0.39, 0.29) is 48.1 Å². The van der Waals surface area contributed by atoms with Gasteiger partial charge in [-0.1, -0.05) is 18.5 Å². The molecule has 9 nitrogen and oxygen atoms in total. The standard InChI is InChI=1S/C23H24ClF3N6O3S/c1-13-11-31(20-16-4-3-14(37(2,35)36)9-18(16)28-10-17(20)24)6-5-15(13)21(34)32-7-8-33-19(12-32)29-30-22(33)23(25,26)27/h3-4,9-10,13,15H,5-8,11-12H2,1-2H3/t13-,15+/m1/s1. The Bertz CT molecular complexity index is 1490. The van der Waals surface area contributed by atoms with Crippen LogP contribution < -0.4 is 4.90 Å². The molecule has 4 heterocycles. The first-order valence-corrected chi connectivity index (χ1v) is 13.9. The molecule has 2 aliphatic rings. The van der Waals surface area contributed by atoms with Crippen LogP contribution in [0.2, 0.25) is 5.02 Å². The Kier molecular flexibility index (Phi) is 6.34. The van der Waals surface area contributed by atoms with Crippen molar-refractivity contribution >= 4 is 43.9 Å². The van der Waals surface area contributed by atoms with E-state index in [0.717, 1.165) is 16.5 Å². The fourth-order valence-electron chi connectivity index (χ4n) is 5.19. The van der Waals surface area contributed by atoms with Gasteiger partial charge >= 0.3 is 6.18 Å². The summed E-state index contributed by atoms with van der Waals surface area (Å²) in [5.74, 6) is -1.40. The molecule has 1 saturated heterocycles. The van der Waals surface area contributed by atoms with Gasteiger partial charge in [0, 0.05) is 49.9 Å². The minimum Gasteiger partial charge on any atom is -0.369 e. The predicted octanol–water partition coefficient (Wildman–Crippen LogP) is 3.41. The van der Waals surface area contributed by atoms with Crippen LogP contribution >= 0.6 is 11.6 Å². The van der Waals surface area contributed by atoms with Crippen LogP contribution in [-0.2, 0) is 33.9 Å². The lowest BCUT2D eigenvalue weighted by Gasteiger charge is -2.40. The van der Waals surface area contributed by atoms with E-state index in [1.807, 2.05) is 6.92 Å². The van der Waals surface area contributed by atoms with Crippen LogP contribution in [-0.4, -0.2) is 64.9 Å². The summed E-state index contributed by atoms with van der Waals surface area (Å²) in [6, 6.07) is 4.74. The number of fused-ring (bicyclic) bond motifs is 2. The summed E-state index contributed by atoms with van der Waals surface area (Å²) in [4.78, 5) is 21.5. The molecule has 2 aliphatic heterocycles. The number of sulfone groups is 1. The number of alkyl halides is 3. The van der Waals surface area contributed by atoms with Crippen molar-refractivity contribution in [3.05, 3.63) is 41.1 Å². The molecule has 2 atom stereocenters. The number of pyridine rings is 1. The van der Waals surface area contributed by atoms with Crippen LogP contribution in [0.1, 0.15) is 25.0 Å². The minimum atomic E-state index is -4.59. The molecule has 14 heteroatoms. The van der Waals surface area contributed by atoms with Gasteiger partial charge in [-0.05, 0) is 30.5 Å². The van der Waals surface area contributed by atoms with Gasteiger partial charge in [-0.2, -0.15) is 13.2 Å². The van der Waals surface area contributed by atoms with Crippen LogP contribution in [0.25, 0.3) is 10.9 Å². The lowest BCUT2D eigenvalue weighted by atomic mass is 9.85. The highest BCUT2D eigenvalue weighted by Crippen LogP contribution is 2.38. The van der Waals surface area contributed by atoms with E-state index in [9.17, 15) is 26.4 Å². The molecule has 0 unspecified atom stereocenters. The maximum atomic E-state index is 13.4. The molecule has 0 aliphatic carbocycles. The molecule has 0 saturated carbocycles. The van der Waals surface area contributed by atoms with Gasteiger partial charge in [0.1, 0.15) is 0 Å². The molecule has 0 radical (unpaired) electrons. The van der Waals surface area contributed by atoms with Gasteiger partial charge in [-0.25, -0.2) is 8.42 Å². The molecule has 2 aromatic heterocycles. The van der Waals surface area contributed by atoms with Crippen molar-refractivity contribution < 1.29 is 26.4 Å². The predicted molar refractivity (Wildman–Crippen MR) is 130 cm³/mol. The van der Waals surface area contributed by atoms with Gasteiger partial charge in [0.25, 0.3) is 0 Å². The molecular weight excluding hydrogens is 533 g/mol. The third kappa shape index (κ3) is 4.74. The summed E-state index contributed by atoms with van der Waals surface area (Å²) >= 11 is 6.52. The second kappa shape index (κ2) is 9.12. The quantitative estimate of drug-likeness (QED) is 0.487. The van der Waals surface area contributed by atoms with E-state index in [0.29, 0.717) is 35.4 Å². The van der Waals surface area contributed by atoms with Crippen molar-refractivity contribution in [2.45, 2.75) is 37.5 Å². The van der Waals surface area contributed by atoms with Crippen molar-refractivity contribution in [2.75, 3.05) is 30.8 Å². The van der Waals surface area contributed by atoms with Gasteiger partial charge in [-0.3, -0.25) is 9.78 Å². The fourth-order valence-corrected chi connectivity index (χ4v) is 6.10. The first-order chi connectivity index (χ1) is 17.3. The molecule has 0 N–H and O–H groups in total. The number of benzene rings is 1. The van der Waals surface area contributed by atoms with Gasteiger partial charge in [0.05, 0.1) is 27.7 Å². The number of hydrogen-bond acceptors (Lipinski definition) is 7. The number of hydrogen-bond donors (Lipinski definition) is 0. The summed E-state index contributed by atoms with van der Waals surface area (Å²) in [6.07, 6.45) is -1.44. The van der Waals surface area contributed by atoms with Crippen LogP contribution in [0.5, 0.6) is 0 Å². The molecule has 1 aromatic carbocycles. The average Bonchev–Trinajstić information content (AvgIpc) is 3.26. The molecule has 1 amide bonds. The van der Waals surface area contributed by atoms with E-state index in [1.165, 1.54) is 18.3 Å². The lowest BCUT2D eigenvalue weighted by molar-refractivity contribution is -0.148. The molecule has 1 fully saturated rings. The Morgan fingerprint density at radius 2 is 1.92 bits per heavy atom. The van der Waals surface area contributed by atoms with Crippen LogP contribution in [0.3, 0.4) is 0 Å². The zero-order valence-electron chi connectivity index (χ0n) is 20.0. The van der Waals surface area contributed by atoms with Crippen LogP contribution in [0.15, 0.2) is 29.3 Å². The van der Waals surface area contributed by atoms with E-state index in [2.05, 4.69) is 20.1 Å². The SMILES string of the molecule is C[C@@H]1CN(c2c(Cl)cnc3cc(S(C)(=O)=O)ccc23)CC[C@@H]1C(=O)N1CCn2c(nnc2C(F)(F)F)C1. The van der Waals surface area contributed by atoms with Crippen LogP contribution in [0, 0.1) is 11.8 Å². The first-order valence-electron chi connectivity index (χ1n) is 11.7. The molecule has 37 heavy (non-hydrogen) atoms. The second-order valence-corrected chi connectivity index (χ2v) is 12.0. The van der Waals surface area contributed by atoms with Crippen molar-refractivity contribution in [1.82, 2.24) is 24.6 Å². The molecular formula is C23H24ClF3N6O3S. The summed E-state index contributed by atoms with van der Waals surface area (Å²) in [5.41, 5.74) is 1.24. The normalized spacial score (nSPS) is 20.8. The number of carbonyl (C=O) groups excluding carboxylic acids is 1. The lowest BCUT2D eigenvalue weighted by Crippen LogP contribution is -2.49. The maximum Gasteiger partial charge on any atom is 0.451 e. The Morgan fingerprint density at radius 3 is 2.59 bits per heavy atom. The monoisotopic (exact) mass is 556 g/mol. The zero-order chi connectivity index (χ0) is 26.7. The number of nitrogens with zero attached hydrogens (tertiary/aromatic N) is 6. The van der Waals surface area contributed by atoms with Crippen molar-refractivity contribution in [1.29, 1.82) is 0 Å². The van der Waals surface area contributed by atoms with Crippen LogP contribution in [0.4, 0.5) is 18.9 Å². The summed E-state index contributed by atoms with van der Waals surface area (Å²) in [7, 11) is -3.40. The number of amides is 1. The largest absolute Gasteiger partial charge is 0.451 e. The number of anilines is 1. The highest BCUT2D eigenvalue weighted by Gasteiger charge is 2.41. The number of halogens is 4. The number of aromatic nitrogens is 4. The van der Waals surface area contributed by atoms with E-state index >= 15 is 0 Å². The topological polar surface area (TPSA) is 101 Å². The smallest absolute Gasteiger partial charge is 0.369 e. The molecule has 5 rings (SSSR count). The van der Waals surface area contributed by atoms with Crippen molar-refractivity contribution in [3.8, 4) is 0 Å². The fraction of sp³-hybridized carbons (Fsp3) is 0.478. The first kappa shape index (κ1) is 25.7. The van der Waals surface area contributed by atoms with Gasteiger partial charge < -0.3 is 14.4 Å². The molecule has 0 bridgehead atoms. The Morgan fingerprint density at radius 1 is 1.16 bits per heavy atom. The highest BCUT2D eigenvalue weighted by molar-refractivity contribution is 7.90. The van der Waals surface area contributed by atoms with E-state index in [4.69, 9.17) is 11.6 Å². The minimum absolute atomic E-state index is 0.00970. The Hall–Kier alpha value is -2.93. The molecule has 3 aromatic rings. The van der Waals surface area contributed by atoms with Crippen molar-refractivity contribution in [3.63, 3.8) is 0 Å². The van der Waals surface area contributed by atoms with Gasteiger partial charge in [0.2, 0.25) is 11.7 Å². The number of piperidine rings is 1. The van der Waals surface area contributed by atoms with Gasteiger partial charge in [0.15, 0.2) is 15.7 Å². The molecule has 198 valence electrons. The zero-order valence-corrected chi connectivity index (χ0v) is 21.6.